The van der Waals surface area contributed by atoms with Gasteiger partial charge in [-0.1, -0.05) is 12.2 Å². The first-order chi connectivity index (χ1) is 2.80. The van der Waals surface area contributed by atoms with Crippen LogP contribution in [0.15, 0.2) is 12.2 Å². The van der Waals surface area contributed by atoms with Gasteiger partial charge >= 0.3 is 0 Å². The summed E-state index contributed by atoms with van der Waals surface area (Å²) in [5.74, 6) is 0.472. The van der Waals surface area contributed by atoms with Gasteiger partial charge in [-0.3, -0.25) is 4.79 Å². The lowest BCUT2D eigenvalue weighted by molar-refractivity contribution is -0.117. The molecule has 0 heterocycles. The third-order valence-corrected chi connectivity index (χ3v) is 0.854. The Labute approximate surface area is 36.7 Å². The number of allylic oxidation sites excluding steroid dienone is 2. The zero-order valence-electron chi connectivity index (χ0n) is 3.64. The van der Waals surface area contributed by atoms with Crippen molar-refractivity contribution in [1.29, 1.82) is 0 Å². The molecule has 0 radical (unpaired) electrons. The Morgan fingerprint density at radius 1 is 1.67 bits per heavy atom. The van der Waals surface area contributed by atoms with Crippen LogP contribution in [0, 0.1) is 5.92 Å². The Balaban J connectivity index is 2.35. The molecule has 0 unspecified atom stereocenters. The van der Waals surface area contributed by atoms with E-state index < -0.39 is 0 Å². The quantitative estimate of drug-likeness (QED) is 0.427. The van der Waals surface area contributed by atoms with Gasteiger partial charge in [0.05, 0.1) is 5.92 Å². The molecule has 1 aliphatic carbocycles. The van der Waals surface area contributed by atoms with E-state index in [0.717, 1.165) is 0 Å². The summed E-state index contributed by atoms with van der Waals surface area (Å²) in [4.78, 5) is 10.1. The van der Waals surface area contributed by atoms with Crippen molar-refractivity contribution >= 4 is 5.78 Å². The Bertz CT molecular complexity index is 96.5. The molecule has 0 saturated carbocycles. The fourth-order valence-electron chi connectivity index (χ4n) is 0.327. The Morgan fingerprint density at radius 3 is 2.17 bits per heavy atom. The number of rotatable bonds is 1. The molecule has 0 fully saturated rings. The molecular weight excluding hydrogens is 76.1 g/mol. The molecule has 0 bridgehead atoms. The largest absolute Gasteiger partial charge is 0.299 e. The molecule has 0 atom stereocenters. The first kappa shape index (κ1) is 3.59. The number of ketones is 1. The van der Waals surface area contributed by atoms with Crippen LogP contribution in [0.2, 0.25) is 0 Å². The molecule has 1 aliphatic rings. The third-order valence-electron chi connectivity index (χ3n) is 0.854. The van der Waals surface area contributed by atoms with E-state index in [1.54, 1.807) is 6.92 Å². The van der Waals surface area contributed by atoms with Gasteiger partial charge in [-0.25, -0.2) is 0 Å². The standard InChI is InChI=1S/C5H6O/c1-4(6)5-2-3-5/h2-3,5H,1H3. The third kappa shape index (κ3) is 0.482. The summed E-state index contributed by atoms with van der Waals surface area (Å²) in [7, 11) is 0. The lowest BCUT2D eigenvalue weighted by atomic mass is 10.3. The van der Waals surface area contributed by atoms with Crippen molar-refractivity contribution in [2.24, 2.45) is 5.92 Å². The van der Waals surface area contributed by atoms with Crippen molar-refractivity contribution in [3.8, 4) is 0 Å². The van der Waals surface area contributed by atoms with Crippen molar-refractivity contribution in [3.63, 3.8) is 0 Å². The van der Waals surface area contributed by atoms with Gasteiger partial charge in [0.25, 0.3) is 0 Å². The zero-order valence-corrected chi connectivity index (χ0v) is 3.64. The topological polar surface area (TPSA) is 17.1 Å². The minimum atomic E-state index is 0.213. The maximum absolute atomic E-state index is 10.1. The van der Waals surface area contributed by atoms with Crippen molar-refractivity contribution in [3.05, 3.63) is 12.2 Å². The molecule has 0 spiro atoms. The second-order valence-corrected chi connectivity index (χ2v) is 1.52. The Morgan fingerprint density at radius 2 is 2.17 bits per heavy atom. The van der Waals surface area contributed by atoms with Crippen LogP contribution in [0.4, 0.5) is 0 Å². The number of Topliss-reactive ketones (excluding diaryl/α,β-unsaturated/α-hetero) is 1. The van der Waals surface area contributed by atoms with Crippen LogP contribution in [0.3, 0.4) is 0 Å². The lowest BCUT2D eigenvalue weighted by Crippen LogP contribution is -1.90. The summed E-state index contributed by atoms with van der Waals surface area (Å²) >= 11 is 0. The van der Waals surface area contributed by atoms with Crippen molar-refractivity contribution in [2.45, 2.75) is 6.92 Å². The summed E-state index contributed by atoms with van der Waals surface area (Å²) in [6.07, 6.45) is 3.78. The Kier molecular flexibility index (Phi) is 0.560. The second kappa shape index (κ2) is 0.934. The predicted octanol–water partition coefficient (Wildman–Crippen LogP) is 0.761. The molecule has 1 nitrogen and oxygen atoms in total. The van der Waals surface area contributed by atoms with Gasteiger partial charge in [0.1, 0.15) is 5.78 Å². The van der Waals surface area contributed by atoms with E-state index >= 15 is 0 Å². The molecular formula is C5H6O. The SMILES string of the molecule is CC(=O)C1C=C1. The molecule has 0 aromatic heterocycles. The number of hydrogen-bond acceptors (Lipinski definition) is 1. The average molecular weight is 82.1 g/mol. The molecule has 0 aromatic rings. The van der Waals surface area contributed by atoms with Gasteiger partial charge in [0.15, 0.2) is 0 Å². The van der Waals surface area contributed by atoms with E-state index in [1.165, 1.54) is 0 Å². The smallest absolute Gasteiger partial charge is 0.140 e. The predicted molar refractivity (Wildman–Crippen MR) is 23.3 cm³/mol. The summed E-state index contributed by atoms with van der Waals surface area (Å²) < 4.78 is 0. The Hall–Kier alpha value is -0.590. The summed E-state index contributed by atoms with van der Waals surface area (Å²) in [5.41, 5.74) is 0. The normalized spacial score (nSPS) is 18.2. The molecule has 0 N–H and O–H groups in total. The summed E-state index contributed by atoms with van der Waals surface area (Å²) in [6, 6.07) is 0. The van der Waals surface area contributed by atoms with E-state index in [-0.39, 0.29) is 11.7 Å². The van der Waals surface area contributed by atoms with Crippen LogP contribution < -0.4 is 0 Å². The molecule has 1 rings (SSSR count). The molecule has 0 saturated heterocycles. The number of hydrogen-bond donors (Lipinski definition) is 0. The monoisotopic (exact) mass is 82.0 g/mol. The highest BCUT2D eigenvalue weighted by molar-refractivity contribution is 5.85. The highest BCUT2D eigenvalue weighted by Crippen LogP contribution is 2.15. The fourth-order valence-corrected chi connectivity index (χ4v) is 0.327. The zero-order chi connectivity index (χ0) is 4.57. The van der Waals surface area contributed by atoms with Crippen LogP contribution >= 0.6 is 0 Å². The van der Waals surface area contributed by atoms with Crippen molar-refractivity contribution in [1.82, 2.24) is 0 Å². The molecule has 0 amide bonds. The first-order valence-corrected chi connectivity index (χ1v) is 1.99. The highest BCUT2D eigenvalue weighted by Gasteiger charge is 2.14. The van der Waals surface area contributed by atoms with Gasteiger partial charge in [-0.2, -0.15) is 0 Å². The summed E-state index contributed by atoms with van der Waals surface area (Å²) in [5, 5.41) is 0. The summed E-state index contributed by atoms with van der Waals surface area (Å²) in [6.45, 7) is 1.60. The van der Waals surface area contributed by atoms with Crippen LogP contribution in [0.5, 0.6) is 0 Å². The molecule has 0 aromatic carbocycles. The van der Waals surface area contributed by atoms with E-state index in [0.29, 0.717) is 0 Å². The minimum absolute atomic E-state index is 0.213. The molecule has 1 heteroatoms. The van der Waals surface area contributed by atoms with E-state index in [1.807, 2.05) is 12.2 Å². The molecule has 6 heavy (non-hydrogen) atoms. The lowest BCUT2D eigenvalue weighted by Gasteiger charge is -1.77. The minimum Gasteiger partial charge on any atom is -0.299 e. The number of carbonyl (C=O) groups excluding carboxylic acids is 1. The van der Waals surface area contributed by atoms with Crippen LogP contribution in [0.25, 0.3) is 0 Å². The maximum atomic E-state index is 10.1. The molecule has 32 valence electrons. The van der Waals surface area contributed by atoms with Crippen molar-refractivity contribution < 1.29 is 4.79 Å². The van der Waals surface area contributed by atoms with Gasteiger partial charge in [0.2, 0.25) is 0 Å². The average Bonchev–Trinajstić information content (AvgIpc) is 2.06. The van der Waals surface area contributed by atoms with Gasteiger partial charge in [0, 0.05) is 0 Å². The van der Waals surface area contributed by atoms with Gasteiger partial charge < -0.3 is 0 Å². The first-order valence-electron chi connectivity index (χ1n) is 1.99. The van der Waals surface area contributed by atoms with Crippen LogP contribution in [0.1, 0.15) is 6.92 Å². The van der Waals surface area contributed by atoms with E-state index in [9.17, 15) is 4.79 Å². The fraction of sp³-hybridized carbons (Fsp3) is 0.400. The van der Waals surface area contributed by atoms with Crippen molar-refractivity contribution in [2.75, 3.05) is 0 Å². The van der Waals surface area contributed by atoms with E-state index in [4.69, 9.17) is 0 Å². The maximum Gasteiger partial charge on any atom is 0.140 e. The second-order valence-electron chi connectivity index (χ2n) is 1.52. The van der Waals surface area contributed by atoms with Crippen LogP contribution in [-0.4, -0.2) is 5.78 Å². The number of carbonyl (C=O) groups is 1. The van der Waals surface area contributed by atoms with E-state index in [2.05, 4.69) is 0 Å². The van der Waals surface area contributed by atoms with Crippen LogP contribution in [-0.2, 0) is 4.79 Å². The van der Waals surface area contributed by atoms with Gasteiger partial charge in [-0.05, 0) is 6.92 Å². The van der Waals surface area contributed by atoms with Gasteiger partial charge in [-0.15, -0.1) is 0 Å². The highest BCUT2D eigenvalue weighted by atomic mass is 16.1. The molecule has 0 aliphatic heterocycles.